The minimum absolute atomic E-state index is 0.138. The monoisotopic (exact) mass is 422 g/mol. The maximum atomic E-state index is 12.0. The lowest BCUT2D eigenvalue weighted by atomic mass is 10.1. The zero-order valence-electron chi connectivity index (χ0n) is 19.0. The Morgan fingerprint density at radius 1 is 1.13 bits per heavy atom. The highest BCUT2D eigenvalue weighted by atomic mass is 16.6. The summed E-state index contributed by atoms with van der Waals surface area (Å²) in [4.78, 5) is 18.0. The Bertz CT molecular complexity index is 754. The van der Waals surface area contributed by atoms with Crippen molar-refractivity contribution in [1.82, 2.24) is 15.5 Å². The van der Waals surface area contributed by atoms with Gasteiger partial charge < -0.3 is 34.5 Å². The van der Waals surface area contributed by atoms with Crippen LogP contribution in [0, 0.1) is 0 Å². The molecule has 2 rings (SSSR count). The van der Waals surface area contributed by atoms with E-state index in [4.69, 9.17) is 18.9 Å². The largest absolute Gasteiger partial charge is 0.493 e. The molecule has 1 fully saturated rings. The Labute approximate surface area is 178 Å². The first-order valence-corrected chi connectivity index (χ1v) is 9.95. The number of benzene rings is 1. The van der Waals surface area contributed by atoms with Crippen molar-refractivity contribution in [2.45, 2.75) is 38.8 Å². The molecule has 1 saturated heterocycles. The molecular formula is C21H34N4O5. The number of guanidine groups is 1. The molecule has 1 aromatic rings. The molecule has 0 aromatic heterocycles. The van der Waals surface area contributed by atoms with E-state index in [0.717, 1.165) is 5.56 Å². The molecule has 0 aliphatic carbocycles. The number of aliphatic imine (C=N–C) groups is 1. The van der Waals surface area contributed by atoms with Crippen LogP contribution in [0.15, 0.2) is 17.1 Å². The van der Waals surface area contributed by atoms with Crippen LogP contribution in [0.2, 0.25) is 0 Å². The molecule has 0 unspecified atom stereocenters. The second kappa shape index (κ2) is 10.3. The number of rotatable bonds is 7. The molecule has 0 spiro atoms. The normalized spacial score (nSPS) is 14.6. The molecule has 9 nitrogen and oxygen atoms in total. The highest BCUT2D eigenvalue weighted by molar-refractivity contribution is 5.80. The van der Waals surface area contributed by atoms with E-state index in [-0.39, 0.29) is 12.1 Å². The van der Waals surface area contributed by atoms with E-state index in [1.165, 1.54) is 0 Å². The average molecular weight is 423 g/mol. The summed E-state index contributed by atoms with van der Waals surface area (Å²) in [5.41, 5.74) is 0.510. The van der Waals surface area contributed by atoms with Crippen LogP contribution in [-0.4, -0.2) is 76.6 Å². The minimum atomic E-state index is -0.488. The van der Waals surface area contributed by atoms with Crippen molar-refractivity contribution in [2.24, 2.45) is 4.99 Å². The van der Waals surface area contributed by atoms with Crippen LogP contribution >= 0.6 is 0 Å². The Hall–Kier alpha value is -2.84. The molecule has 0 saturated carbocycles. The quantitative estimate of drug-likeness (QED) is 0.513. The maximum absolute atomic E-state index is 12.0. The molecule has 1 aliphatic rings. The number of nitrogens with one attached hydrogen (secondary N) is 2. The van der Waals surface area contributed by atoms with Gasteiger partial charge in [-0.3, -0.25) is 4.99 Å². The lowest BCUT2D eigenvalue weighted by Gasteiger charge is -2.40. The summed E-state index contributed by atoms with van der Waals surface area (Å²) in [6, 6.07) is 3.96. The van der Waals surface area contributed by atoms with Crippen LogP contribution in [0.5, 0.6) is 17.2 Å². The third-order valence-electron chi connectivity index (χ3n) is 4.57. The number of hydrogen-bond acceptors (Lipinski definition) is 6. The number of ether oxygens (including phenoxy) is 4. The van der Waals surface area contributed by atoms with Crippen molar-refractivity contribution in [3.8, 4) is 17.2 Å². The predicted octanol–water partition coefficient (Wildman–Crippen LogP) is 2.04. The standard InChI is InChI=1S/C21H34N4O5/c1-21(2,3)30-20(26)25-12-15(13-25)24-19(22-4)23-11-10-14-8-9-16(27-5)18(29-7)17(14)28-6/h8-9,15H,10-13H2,1-7H3,(H2,22,23,24). The van der Waals surface area contributed by atoms with Crippen LogP contribution in [0.4, 0.5) is 4.79 Å². The van der Waals surface area contributed by atoms with Gasteiger partial charge in [0.2, 0.25) is 5.75 Å². The number of amides is 1. The number of hydrogen-bond donors (Lipinski definition) is 2. The highest BCUT2D eigenvalue weighted by Gasteiger charge is 2.34. The molecule has 1 aliphatic heterocycles. The second-order valence-corrected chi connectivity index (χ2v) is 7.97. The Kier molecular flexibility index (Phi) is 8.02. The summed E-state index contributed by atoms with van der Waals surface area (Å²) in [6.45, 7) is 7.39. The first-order chi connectivity index (χ1) is 14.2. The van der Waals surface area contributed by atoms with Gasteiger partial charge in [-0.1, -0.05) is 6.07 Å². The topological polar surface area (TPSA) is 93.7 Å². The number of carbonyl (C=O) groups excluding carboxylic acids is 1. The fraction of sp³-hybridized carbons (Fsp3) is 0.619. The van der Waals surface area contributed by atoms with Gasteiger partial charge in [0.05, 0.1) is 27.4 Å². The molecule has 0 bridgehead atoms. The third-order valence-corrected chi connectivity index (χ3v) is 4.57. The third kappa shape index (κ3) is 6.08. The first-order valence-electron chi connectivity index (χ1n) is 9.95. The van der Waals surface area contributed by atoms with E-state index in [2.05, 4.69) is 15.6 Å². The number of carbonyl (C=O) groups is 1. The SMILES string of the molecule is CN=C(NCCc1ccc(OC)c(OC)c1OC)NC1CN(C(=O)OC(C)(C)C)C1. The summed E-state index contributed by atoms with van der Waals surface area (Å²) < 4.78 is 21.7. The van der Waals surface area contributed by atoms with E-state index >= 15 is 0 Å². The molecule has 1 amide bonds. The van der Waals surface area contributed by atoms with E-state index in [1.54, 1.807) is 33.3 Å². The molecule has 1 aromatic carbocycles. The molecule has 2 N–H and O–H groups in total. The van der Waals surface area contributed by atoms with Crippen LogP contribution < -0.4 is 24.8 Å². The lowest BCUT2D eigenvalue weighted by molar-refractivity contribution is 0.00701. The fourth-order valence-electron chi connectivity index (χ4n) is 3.11. The summed E-state index contributed by atoms with van der Waals surface area (Å²) in [5, 5.41) is 6.61. The van der Waals surface area contributed by atoms with Crippen molar-refractivity contribution in [2.75, 3.05) is 48.0 Å². The summed E-state index contributed by atoms with van der Waals surface area (Å²) in [7, 11) is 6.52. The van der Waals surface area contributed by atoms with Gasteiger partial charge in [-0.25, -0.2) is 4.79 Å². The molecule has 30 heavy (non-hydrogen) atoms. The molecule has 168 valence electrons. The summed E-state index contributed by atoms with van der Waals surface area (Å²) in [5.74, 6) is 2.55. The van der Waals surface area contributed by atoms with Crippen LogP contribution in [0.1, 0.15) is 26.3 Å². The summed E-state index contributed by atoms with van der Waals surface area (Å²) >= 11 is 0. The van der Waals surface area contributed by atoms with Gasteiger partial charge in [-0.15, -0.1) is 0 Å². The molecule has 9 heteroatoms. The Morgan fingerprint density at radius 3 is 2.33 bits per heavy atom. The number of nitrogens with zero attached hydrogens (tertiary/aromatic N) is 2. The van der Waals surface area contributed by atoms with Gasteiger partial charge in [0, 0.05) is 32.2 Å². The number of methoxy groups -OCH3 is 3. The van der Waals surface area contributed by atoms with Gasteiger partial charge in [-0.2, -0.15) is 0 Å². The van der Waals surface area contributed by atoms with E-state index < -0.39 is 5.60 Å². The Morgan fingerprint density at radius 2 is 1.80 bits per heavy atom. The van der Waals surface area contributed by atoms with Crippen LogP contribution in [0.25, 0.3) is 0 Å². The van der Waals surface area contributed by atoms with Gasteiger partial charge in [0.1, 0.15) is 5.60 Å². The zero-order chi connectivity index (χ0) is 22.3. The van der Waals surface area contributed by atoms with Gasteiger partial charge in [0.25, 0.3) is 0 Å². The van der Waals surface area contributed by atoms with Crippen molar-refractivity contribution in [3.05, 3.63) is 17.7 Å². The average Bonchev–Trinajstić information content (AvgIpc) is 2.66. The van der Waals surface area contributed by atoms with E-state index in [1.807, 2.05) is 32.9 Å². The van der Waals surface area contributed by atoms with Crippen molar-refractivity contribution in [3.63, 3.8) is 0 Å². The van der Waals surface area contributed by atoms with Crippen molar-refractivity contribution < 1.29 is 23.7 Å². The fourth-order valence-corrected chi connectivity index (χ4v) is 3.11. The van der Waals surface area contributed by atoms with Crippen molar-refractivity contribution in [1.29, 1.82) is 0 Å². The maximum Gasteiger partial charge on any atom is 0.410 e. The van der Waals surface area contributed by atoms with Gasteiger partial charge in [0.15, 0.2) is 17.5 Å². The van der Waals surface area contributed by atoms with E-state index in [9.17, 15) is 4.79 Å². The van der Waals surface area contributed by atoms with E-state index in [0.29, 0.717) is 49.3 Å². The van der Waals surface area contributed by atoms with Gasteiger partial charge >= 0.3 is 6.09 Å². The first kappa shape index (κ1) is 23.4. The van der Waals surface area contributed by atoms with Gasteiger partial charge in [-0.05, 0) is 33.3 Å². The molecular weight excluding hydrogens is 388 g/mol. The molecule has 0 radical (unpaired) electrons. The smallest absolute Gasteiger partial charge is 0.410 e. The second-order valence-electron chi connectivity index (χ2n) is 7.97. The Balaban J connectivity index is 1.83. The van der Waals surface area contributed by atoms with Crippen LogP contribution in [-0.2, 0) is 11.2 Å². The predicted molar refractivity (Wildman–Crippen MR) is 116 cm³/mol. The highest BCUT2D eigenvalue weighted by Crippen LogP contribution is 2.39. The molecule has 1 heterocycles. The lowest BCUT2D eigenvalue weighted by Crippen LogP contribution is -2.63. The number of likely N-dealkylation sites (tertiary alicyclic amines) is 1. The minimum Gasteiger partial charge on any atom is -0.493 e. The zero-order valence-corrected chi connectivity index (χ0v) is 19.0. The van der Waals surface area contributed by atoms with Crippen LogP contribution in [0.3, 0.4) is 0 Å². The summed E-state index contributed by atoms with van der Waals surface area (Å²) in [6.07, 6.45) is 0.419. The molecule has 0 atom stereocenters. The van der Waals surface area contributed by atoms with Crippen molar-refractivity contribution >= 4 is 12.1 Å².